The number of benzene rings is 2. The third-order valence-electron chi connectivity index (χ3n) is 7.36. The summed E-state index contributed by atoms with van der Waals surface area (Å²) in [5.74, 6) is -1.32. The van der Waals surface area contributed by atoms with E-state index in [0.29, 0.717) is 26.0 Å². The van der Waals surface area contributed by atoms with Gasteiger partial charge in [0, 0.05) is 6.54 Å². The molecule has 230 valence electrons. The lowest BCUT2D eigenvalue weighted by atomic mass is 10.1. The number of nitrogens with one attached hydrogen (secondary N) is 1. The number of carbonyl (C=O) groups excluding carboxylic acids is 3. The Morgan fingerprint density at radius 2 is 1.45 bits per heavy atom. The fourth-order valence-electron chi connectivity index (χ4n) is 4.93. The largest absolute Gasteiger partial charge is 0.462 e. The summed E-state index contributed by atoms with van der Waals surface area (Å²) in [6, 6.07) is 13.4. The molecule has 2 amide bonds. The first kappa shape index (κ1) is 33.1. The molecule has 1 aliphatic heterocycles. The van der Waals surface area contributed by atoms with Crippen LogP contribution in [0, 0.1) is 0 Å². The molecule has 0 aliphatic carbocycles. The number of nitrogens with zero attached hydrogens (tertiary/aromatic N) is 1. The molecule has 0 saturated carbocycles. The second-order valence-electron chi connectivity index (χ2n) is 10.7. The van der Waals surface area contributed by atoms with Crippen LogP contribution >= 0.6 is 0 Å². The van der Waals surface area contributed by atoms with Crippen LogP contribution in [0.25, 0.3) is 0 Å². The molecule has 10 heteroatoms. The Kier molecular flexibility index (Phi) is 13.8. The molecule has 2 aromatic rings. The van der Waals surface area contributed by atoms with Crippen molar-refractivity contribution in [2.75, 3.05) is 13.2 Å². The molecule has 0 spiro atoms. The molecule has 0 aromatic heterocycles. The summed E-state index contributed by atoms with van der Waals surface area (Å²) in [7, 11) is -4.21. The Bertz CT molecular complexity index is 1230. The lowest BCUT2D eigenvalue weighted by Gasteiger charge is -2.23. The molecule has 42 heavy (non-hydrogen) atoms. The first-order valence-corrected chi connectivity index (χ1v) is 16.6. The summed E-state index contributed by atoms with van der Waals surface area (Å²) >= 11 is 0. The molecular weight excluding hydrogens is 556 g/mol. The van der Waals surface area contributed by atoms with Gasteiger partial charge in [-0.1, -0.05) is 95.0 Å². The van der Waals surface area contributed by atoms with Crippen LogP contribution < -0.4 is 4.72 Å². The van der Waals surface area contributed by atoms with E-state index in [1.807, 2.05) is 30.3 Å². The summed E-state index contributed by atoms with van der Waals surface area (Å²) in [5.41, 5.74) is 1.04. The maximum absolute atomic E-state index is 12.9. The first-order valence-electron chi connectivity index (χ1n) is 15.1. The van der Waals surface area contributed by atoms with E-state index in [0.717, 1.165) is 24.8 Å². The number of rotatable bonds is 17. The lowest BCUT2D eigenvalue weighted by Crippen LogP contribution is -2.47. The van der Waals surface area contributed by atoms with Gasteiger partial charge in [-0.15, -0.1) is 0 Å². The Morgan fingerprint density at radius 1 is 0.833 bits per heavy atom. The summed E-state index contributed by atoms with van der Waals surface area (Å²) in [6.07, 6.45) is 12.1. The summed E-state index contributed by atoms with van der Waals surface area (Å²) in [5, 5.41) is 0. The average molecular weight is 601 g/mol. The van der Waals surface area contributed by atoms with Crippen molar-refractivity contribution in [3.63, 3.8) is 0 Å². The van der Waals surface area contributed by atoms with Crippen LogP contribution in [0.1, 0.15) is 99.9 Å². The number of esters is 1. The van der Waals surface area contributed by atoms with Gasteiger partial charge in [0.25, 0.3) is 15.9 Å². The van der Waals surface area contributed by atoms with E-state index in [9.17, 15) is 22.8 Å². The van der Waals surface area contributed by atoms with Gasteiger partial charge in [0.05, 0.1) is 17.1 Å². The highest BCUT2D eigenvalue weighted by Crippen LogP contribution is 2.21. The van der Waals surface area contributed by atoms with Crippen LogP contribution in [0.2, 0.25) is 0 Å². The van der Waals surface area contributed by atoms with E-state index in [1.165, 1.54) is 74.1 Å². The molecule has 1 aliphatic rings. The number of hydrogen-bond acceptors (Lipinski definition) is 7. The topological polar surface area (TPSA) is 119 Å². The van der Waals surface area contributed by atoms with E-state index >= 15 is 0 Å². The Labute approximate surface area is 250 Å². The normalized spacial score (nSPS) is 14.9. The molecule has 9 nitrogen and oxygen atoms in total. The predicted molar refractivity (Wildman–Crippen MR) is 160 cm³/mol. The number of amides is 2. The minimum absolute atomic E-state index is 0.0524. The highest BCUT2D eigenvalue weighted by Gasteiger charge is 2.37. The van der Waals surface area contributed by atoms with E-state index < -0.39 is 34.0 Å². The van der Waals surface area contributed by atoms with Gasteiger partial charge in [-0.05, 0) is 49.1 Å². The summed E-state index contributed by atoms with van der Waals surface area (Å²) < 4.78 is 38.5. The molecule has 3 rings (SSSR count). The van der Waals surface area contributed by atoms with Crippen LogP contribution in [0.3, 0.4) is 0 Å². The van der Waals surface area contributed by atoms with E-state index in [-0.39, 0.29) is 17.1 Å². The SMILES string of the molecule is CCCCCCCCCCCCOC(=O)c1ccc(S(=O)(=O)NC(=O)[C@@H]2CCCN2C(=O)OCc2ccccc2)cc1. The van der Waals surface area contributed by atoms with Crippen LogP contribution in [0.4, 0.5) is 4.79 Å². The van der Waals surface area contributed by atoms with Crippen molar-refractivity contribution in [3.8, 4) is 0 Å². The maximum atomic E-state index is 12.9. The quantitative estimate of drug-likeness (QED) is 0.166. The molecule has 0 radical (unpaired) electrons. The van der Waals surface area contributed by atoms with Gasteiger partial charge < -0.3 is 9.47 Å². The Balaban J connectivity index is 1.40. The molecule has 1 atom stereocenters. The zero-order valence-corrected chi connectivity index (χ0v) is 25.4. The average Bonchev–Trinajstić information content (AvgIpc) is 3.50. The van der Waals surface area contributed by atoms with Crippen LogP contribution in [-0.2, 0) is 30.9 Å². The number of hydrogen-bond donors (Lipinski definition) is 1. The molecule has 1 heterocycles. The van der Waals surface area contributed by atoms with Crippen molar-refractivity contribution in [1.29, 1.82) is 0 Å². The zero-order chi connectivity index (χ0) is 30.2. The molecule has 2 aromatic carbocycles. The number of ether oxygens (including phenoxy) is 2. The lowest BCUT2D eigenvalue weighted by molar-refractivity contribution is -0.123. The van der Waals surface area contributed by atoms with Gasteiger partial charge in [-0.3, -0.25) is 9.69 Å². The maximum Gasteiger partial charge on any atom is 0.410 e. The van der Waals surface area contributed by atoms with E-state index in [4.69, 9.17) is 9.47 Å². The molecule has 0 unspecified atom stereocenters. The van der Waals surface area contributed by atoms with Crippen LogP contribution in [-0.4, -0.2) is 50.5 Å². The smallest absolute Gasteiger partial charge is 0.410 e. The minimum Gasteiger partial charge on any atom is -0.462 e. The van der Waals surface area contributed by atoms with Gasteiger partial charge in [0.15, 0.2) is 0 Å². The number of sulfonamides is 1. The monoisotopic (exact) mass is 600 g/mol. The van der Waals surface area contributed by atoms with Gasteiger partial charge in [-0.25, -0.2) is 22.7 Å². The van der Waals surface area contributed by atoms with Gasteiger partial charge in [-0.2, -0.15) is 0 Å². The minimum atomic E-state index is -4.21. The van der Waals surface area contributed by atoms with Crippen molar-refractivity contribution < 1.29 is 32.3 Å². The second-order valence-corrected chi connectivity index (χ2v) is 12.4. The highest BCUT2D eigenvalue weighted by atomic mass is 32.2. The second kappa shape index (κ2) is 17.5. The summed E-state index contributed by atoms with van der Waals surface area (Å²) in [4.78, 5) is 38.9. The number of likely N-dealkylation sites (tertiary alicyclic amines) is 1. The first-order chi connectivity index (χ1) is 20.3. The number of carbonyl (C=O) groups is 3. The highest BCUT2D eigenvalue weighted by molar-refractivity contribution is 7.90. The van der Waals surface area contributed by atoms with Crippen LogP contribution in [0.15, 0.2) is 59.5 Å². The van der Waals surface area contributed by atoms with Gasteiger partial charge >= 0.3 is 12.1 Å². The predicted octanol–water partition coefficient (Wildman–Crippen LogP) is 6.37. The third kappa shape index (κ3) is 10.8. The standard InChI is InChI=1S/C32H44N2O7S/c1-2-3-4-5-6-7-8-9-10-14-24-40-31(36)27-19-21-28(22-20-27)42(38,39)33-30(35)29-18-15-23-34(29)32(37)41-25-26-16-12-11-13-17-26/h11-13,16-17,19-22,29H,2-10,14-15,18,23-25H2,1H3,(H,33,35)/t29-/m0/s1. The van der Waals surface area contributed by atoms with E-state index in [1.54, 1.807) is 0 Å². The zero-order valence-electron chi connectivity index (χ0n) is 24.6. The van der Waals surface area contributed by atoms with Crippen LogP contribution in [0.5, 0.6) is 0 Å². The Morgan fingerprint density at radius 3 is 2.10 bits per heavy atom. The fraction of sp³-hybridized carbons (Fsp3) is 0.531. The van der Waals surface area contributed by atoms with Crippen molar-refractivity contribution in [2.24, 2.45) is 0 Å². The molecule has 0 bridgehead atoms. The van der Waals surface area contributed by atoms with Crippen molar-refractivity contribution in [2.45, 2.75) is 102 Å². The van der Waals surface area contributed by atoms with Crippen molar-refractivity contribution in [1.82, 2.24) is 9.62 Å². The Hall–Kier alpha value is -3.40. The fourth-order valence-corrected chi connectivity index (χ4v) is 5.94. The molecule has 1 saturated heterocycles. The van der Waals surface area contributed by atoms with Gasteiger partial charge in [0.1, 0.15) is 12.6 Å². The molecule has 1 fully saturated rings. The number of unbranched alkanes of at least 4 members (excludes halogenated alkanes) is 9. The molecule has 1 N–H and O–H groups in total. The van der Waals surface area contributed by atoms with E-state index in [2.05, 4.69) is 11.6 Å². The summed E-state index contributed by atoms with van der Waals surface area (Å²) in [6.45, 7) is 2.88. The van der Waals surface area contributed by atoms with Crippen molar-refractivity contribution in [3.05, 3.63) is 65.7 Å². The van der Waals surface area contributed by atoms with Crippen molar-refractivity contribution >= 4 is 28.0 Å². The van der Waals surface area contributed by atoms with Gasteiger partial charge in [0.2, 0.25) is 0 Å². The third-order valence-corrected chi connectivity index (χ3v) is 8.72. The molecular formula is C32H44N2O7S.